The highest BCUT2D eigenvalue weighted by Crippen LogP contribution is 2.36. The fourth-order valence-electron chi connectivity index (χ4n) is 3.56. The summed E-state index contributed by atoms with van der Waals surface area (Å²) in [5, 5.41) is 0. The normalized spacial score (nSPS) is 29.9. The first-order chi connectivity index (χ1) is 9.49. The maximum atomic E-state index is 12.6. The molecule has 0 radical (unpaired) electrons. The second-order valence-corrected chi connectivity index (χ2v) is 7.21. The van der Waals surface area contributed by atoms with Crippen LogP contribution in [0.3, 0.4) is 0 Å². The fourth-order valence-corrected chi connectivity index (χ4v) is 3.78. The van der Waals surface area contributed by atoms with Crippen molar-refractivity contribution in [1.29, 1.82) is 0 Å². The lowest BCUT2D eigenvalue weighted by atomic mass is 9.81. The summed E-state index contributed by atoms with van der Waals surface area (Å²) in [6.07, 6.45) is 6.71. The van der Waals surface area contributed by atoms with Gasteiger partial charge in [0.15, 0.2) is 0 Å². The summed E-state index contributed by atoms with van der Waals surface area (Å²) < 4.78 is 0. The van der Waals surface area contributed by atoms with Crippen LogP contribution in [0.15, 0.2) is 0 Å². The number of carbonyl (C=O) groups is 2. The molecule has 0 N–H and O–H groups in total. The van der Waals surface area contributed by atoms with Crippen molar-refractivity contribution in [3.63, 3.8) is 0 Å². The van der Waals surface area contributed by atoms with Crippen LogP contribution in [0.25, 0.3) is 0 Å². The molecule has 0 bridgehead atoms. The summed E-state index contributed by atoms with van der Waals surface area (Å²) in [4.78, 5) is 28.0. The second-order valence-electron chi connectivity index (χ2n) is 6.11. The van der Waals surface area contributed by atoms with E-state index in [-0.39, 0.29) is 28.8 Å². The van der Waals surface area contributed by atoms with Gasteiger partial charge in [0.1, 0.15) is 0 Å². The van der Waals surface area contributed by atoms with Crippen LogP contribution in [-0.4, -0.2) is 45.7 Å². The van der Waals surface area contributed by atoms with Gasteiger partial charge in [0.2, 0.25) is 5.91 Å². The molecule has 3 amide bonds. The molecule has 4 nitrogen and oxygen atoms in total. The van der Waals surface area contributed by atoms with Crippen LogP contribution in [0.2, 0.25) is 0 Å². The standard InChI is InChI=1S/C15H25BrN2O2/c1-4-12(16)14(19)18-13(10(2)17(3)15(18)20)11-8-6-5-7-9-11/h10-13H,4-9H2,1-3H3/t10-,12+,13-/m0/s1. The van der Waals surface area contributed by atoms with Gasteiger partial charge in [-0.3, -0.25) is 9.69 Å². The average Bonchev–Trinajstić information content (AvgIpc) is 2.70. The van der Waals surface area contributed by atoms with E-state index >= 15 is 0 Å². The molecule has 1 heterocycles. The maximum absolute atomic E-state index is 12.6. The van der Waals surface area contributed by atoms with Gasteiger partial charge in [0, 0.05) is 7.05 Å². The van der Waals surface area contributed by atoms with Gasteiger partial charge in [-0.25, -0.2) is 4.79 Å². The molecular weight excluding hydrogens is 320 g/mol. The van der Waals surface area contributed by atoms with Crippen LogP contribution in [0.1, 0.15) is 52.4 Å². The molecular formula is C15H25BrN2O2. The number of amides is 3. The van der Waals surface area contributed by atoms with Crippen LogP contribution in [-0.2, 0) is 4.79 Å². The van der Waals surface area contributed by atoms with E-state index in [1.807, 2.05) is 14.0 Å². The number of halogens is 1. The SMILES string of the molecule is CC[C@@H](Br)C(=O)N1C(=O)N(C)[C@@H](C)[C@H]1C1CCCCC1. The van der Waals surface area contributed by atoms with Gasteiger partial charge in [-0.15, -0.1) is 0 Å². The molecule has 0 aromatic heterocycles. The van der Waals surface area contributed by atoms with E-state index in [0.717, 1.165) is 12.8 Å². The van der Waals surface area contributed by atoms with Crippen LogP contribution in [0.5, 0.6) is 0 Å². The zero-order valence-corrected chi connectivity index (χ0v) is 14.2. The van der Waals surface area contributed by atoms with E-state index in [1.165, 1.54) is 19.3 Å². The van der Waals surface area contributed by atoms with Crippen molar-refractivity contribution < 1.29 is 9.59 Å². The molecule has 2 aliphatic rings. The van der Waals surface area contributed by atoms with E-state index in [0.29, 0.717) is 12.3 Å². The van der Waals surface area contributed by atoms with Crippen molar-refractivity contribution in [2.24, 2.45) is 5.92 Å². The first-order valence-electron chi connectivity index (χ1n) is 7.73. The minimum absolute atomic E-state index is 0.0481. The third-order valence-corrected chi connectivity index (χ3v) is 5.95. The van der Waals surface area contributed by atoms with Crippen molar-refractivity contribution in [2.45, 2.75) is 69.3 Å². The summed E-state index contributed by atoms with van der Waals surface area (Å²) in [5.41, 5.74) is 0. The van der Waals surface area contributed by atoms with E-state index < -0.39 is 0 Å². The van der Waals surface area contributed by atoms with Crippen molar-refractivity contribution in [1.82, 2.24) is 9.80 Å². The average molecular weight is 345 g/mol. The predicted octanol–water partition coefficient (Wildman–Crippen LogP) is 3.39. The van der Waals surface area contributed by atoms with E-state index in [1.54, 1.807) is 9.80 Å². The molecule has 1 saturated carbocycles. The van der Waals surface area contributed by atoms with E-state index in [4.69, 9.17) is 0 Å². The summed E-state index contributed by atoms with van der Waals surface area (Å²) in [7, 11) is 1.81. The van der Waals surface area contributed by atoms with E-state index in [2.05, 4.69) is 22.9 Å². The molecule has 3 atom stereocenters. The number of carbonyl (C=O) groups excluding carboxylic acids is 2. The number of hydrogen-bond donors (Lipinski definition) is 0. The summed E-state index contributed by atoms with van der Waals surface area (Å²) in [5.74, 6) is 0.400. The molecule has 2 fully saturated rings. The van der Waals surface area contributed by atoms with Crippen molar-refractivity contribution >= 4 is 27.9 Å². The number of rotatable bonds is 3. The molecule has 20 heavy (non-hydrogen) atoms. The zero-order valence-electron chi connectivity index (χ0n) is 12.6. The molecule has 0 aromatic carbocycles. The number of imide groups is 1. The second kappa shape index (κ2) is 6.46. The minimum Gasteiger partial charge on any atom is -0.323 e. The lowest BCUT2D eigenvalue weighted by Gasteiger charge is -2.34. The molecule has 0 aromatic rings. The Bertz CT molecular complexity index is 382. The Kier molecular flexibility index (Phi) is 5.10. The topological polar surface area (TPSA) is 40.6 Å². The Morgan fingerprint density at radius 3 is 2.50 bits per heavy atom. The lowest BCUT2D eigenvalue weighted by Crippen LogP contribution is -2.48. The van der Waals surface area contributed by atoms with Gasteiger partial charge in [-0.2, -0.15) is 0 Å². The summed E-state index contributed by atoms with van der Waals surface area (Å²) in [6.45, 7) is 4.03. The Balaban J connectivity index is 2.24. The number of likely N-dealkylation sites (N-methyl/N-ethyl adjacent to an activating group) is 1. The monoisotopic (exact) mass is 344 g/mol. The van der Waals surface area contributed by atoms with Crippen LogP contribution < -0.4 is 0 Å². The van der Waals surface area contributed by atoms with E-state index in [9.17, 15) is 9.59 Å². The van der Waals surface area contributed by atoms with Crippen LogP contribution >= 0.6 is 15.9 Å². The first-order valence-corrected chi connectivity index (χ1v) is 8.64. The van der Waals surface area contributed by atoms with Crippen LogP contribution in [0, 0.1) is 5.92 Å². The number of urea groups is 1. The van der Waals surface area contributed by atoms with Crippen molar-refractivity contribution in [2.75, 3.05) is 7.05 Å². The molecule has 0 spiro atoms. The van der Waals surface area contributed by atoms with Crippen molar-refractivity contribution in [3.05, 3.63) is 0 Å². The highest BCUT2D eigenvalue weighted by Gasteiger charge is 2.49. The predicted molar refractivity (Wildman–Crippen MR) is 82.8 cm³/mol. The van der Waals surface area contributed by atoms with Gasteiger partial charge < -0.3 is 4.90 Å². The lowest BCUT2D eigenvalue weighted by molar-refractivity contribution is -0.129. The first kappa shape index (κ1) is 15.8. The smallest absolute Gasteiger partial charge is 0.323 e. The summed E-state index contributed by atoms with van der Waals surface area (Å²) in [6, 6.07) is 0.0361. The Morgan fingerprint density at radius 1 is 1.35 bits per heavy atom. The molecule has 1 aliphatic carbocycles. The third kappa shape index (κ3) is 2.74. The maximum Gasteiger partial charge on any atom is 0.327 e. The summed E-state index contributed by atoms with van der Waals surface area (Å²) >= 11 is 3.41. The number of alkyl halides is 1. The highest BCUT2D eigenvalue weighted by molar-refractivity contribution is 9.10. The molecule has 0 unspecified atom stereocenters. The Morgan fingerprint density at radius 2 is 1.95 bits per heavy atom. The highest BCUT2D eigenvalue weighted by atomic mass is 79.9. The minimum atomic E-state index is -0.253. The Hall–Kier alpha value is -0.580. The van der Waals surface area contributed by atoms with Gasteiger partial charge in [0.05, 0.1) is 16.9 Å². The Labute approximate surface area is 130 Å². The number of nitrogens with zero attached hydrogens (tertiary/aromatic N) is 2. The molecule has 1 saturated heterocycles. The molecule has 114 valence electrons. The van der Waals surface area contributed by atoms with Crippen LogP contribution in [0.4, 0.5) is 4.79 Å². The molecule has 1 aliphatic heterocycles. The largest absolute Gasteiger partial charge is 0.327 e. The molecule has 2 rings (SSSR count). The quantitative estimate of drug-likeness (QED) is 0.736. The fraction of sp³-hybridized carbons (Fsp3) is 0.867. The van der Waals surface area contributed by atoms with Gasteiger partial charge in [-0.05, 0) is 32.1 Å². The van der Waals surface area contributed by atoms with Gasteiger partial charge in [-0.1, -0.05) is 42.1 Å². The molecule has 5 heteroatoms. The van der Waals surface area contributed by atoms with Gasteiger partial charge in [0.25, 0.3) is 0 Å². The third-order valence-electron chi connectivity index (χ3n) is 4.91. The van der Waals surface area contributed by atoms with Gasteiger partial charge >= 0.3 is 6.03 Å². The van der Waals surface area contributed by atoms with Crippen molar-refractivity contribution in [3.8, 4) is 0 Å². The zero-order chi connectivity index (χ0) is 14.9. The number of hydrogen-bond acceptors (Lipinski definition) is 2.